The van der Waals surface area contributed by atoms with Gasteiger partial charge in [-0.3, -0.25) is 0 Å². The molecule has 1 amide bonds. The number of nitrogens with one attached hydrogen (secondary N) is 1. The van der Waals surface area contributed by atoms with Crippen LogP contribution < -0.4 is 4.90 Å². The van der Waals surface area contributed by atoms with Crippen molar-refractivity contribution in [2.75, 3.05) is 32.1 Å². The summed E-state index contributed by atoms with van der Waals surface area (Å²) in [5.41, 5.74) is 0.872. The maximum Gasteiger partial charge on any atom is 0.409 e. The molecule has 2 fully saturated rings. The fraction of sp³-hybridized carbons (Fsp3) is 0.562. The molecule has 4 rings (SSSR count). The van der Waals surface area contributed by atoms with E-state index in [1.807, 2.05) is 17.2 Å². The van der Waals surface area contributed by atoms with E-state index in [0.717, 1.165) is 42.8 Å². The summed E-state index contributed by atoms with van der Waals surface area (Å²) in [5, 5.41) is 1.06. The van der Waals surface area contributed by atoms with Crippen LogP contribution in [0.1, 0.15) is 12.8 Å². The molecule has 1 saturated heterocycles. The molecule has 2 aromatic heterocycles. The zero-order valence-corrected chi connectivity index (χ0v) is 13.4. The maximum atomic E-state index is 11.7. The quantitative estimate of drug-likeness (QED) is 0.916. The average molecular weight is 315 g/mol. The fourth-order valence-corrected chi connectivity index (χ4v) is 4.18. The maximum absolute atomic E-state index is 11.7. The number of aromatic amines is 1. The average Bonchev–Trinajstić information content (AvgIpc) is 3.26. The van der Waals surface area contributed by atoms with Crippen LogP contribution in [0.4, 0.5) is 10.6 Å². The summed E-state index contributed by atoms with van der Waals surface area (Å²) in [4.78, 5) is 27.7. The Kier molecular flexibility index (Phi) is 3.36. The zero-order chi connectivity index (χ0) is 16.0. The molecular weight excluding hydrogens is 294 g/mol. The van der Waals surface area contributed by atoms with Gasteiger partial charge >= 0.3 is 6.09 Å². The lowest BCUT2D eigenvalue weighted by molar-refractivity contribution is 0.129. The van der Waals surface area contributed by atoms with Crippen LogP contribution in [0.2, 0.25) is 0 Å². The minimum atomic E-state index is -0.200. The number of H-pyrrole nitrogens is 1. The molecule has 122 valence electrons. The van der Waals surface area contributed by atoms with Crippen LogP contribution in [0.15, 0.2) is 18.6 Å². The first-order chi connectivity index (χ1) is 11.2. The molecule has 3 heterocycles. The summed E-state index contributed by atoms with van der Waals surface area (Å²) in [5.74, 6) is 2.10. The van der Waals surface area contributed by atoms with Crippen LogP contribution in [-0.2, 0) is 4.74 Å². The largest absolute Gasteiger partial charge is 0.453 e. The van der Waals surface area contributed by atoms with Crippen molar-refractivity contribution in [3.8, 4) is 0 Å². The van der Waals surface area contributed by atoms with Crippen molar-refractivity contribution >= 4 is 22.9 Å². The third kappa shape index (κ3) is 2.31. The molecule has 1 saturated carbocycles. The van der Waals surface area contributed by atoms with E-state index < -0.39 is 0 Å². The molecule has 0 bridgehead atoms. The van der Waals surface area contributed by atoms with Crippen LogP contribution in [0.3, 0.4) is 0 Å². The third-order valence-electron chi connectivity index (χ3n) is 5.37. The number of ether oxygens (including phenoxy) is 1. The van der Waals surface area contributed by atoms with Gasteiger partial charge in [-0.05, 0) is 30.7 Å². The highest BCUT2D eigenvalue weighted by Crippen LogP contribution is 2.41. The van der Waals surface area contributed by atoms with E-state index >= 15 is 0 Å². The molecule has 0 spiro atoms. The van der Waals surface area contributed by atoms with Crippen LogP contribution in [-0.4, -0.2) is 59.2 Å². The smallest absolute Gasteiger partial charge is 0.409 e. The van der Waals surface area contributed by atoms with Gasteiger partial charge in [0.2, 0.25) is 0 Å². The van der Waals surface area contributed by atoms with E-state index in [0.29, 0.717) is 17.9 Å². The number of likely N-dealkylation sites (tertiary alicyclic amines) is 1. The van der Waals surface area contributed by atoms with Gasteiger partial charge in [-0.2, -0.15) is 0 Å². The Balaban J connectivity index is 1.49. The summed E-state index contributed by atoms with van der Waals surface area (Å²) >= 11 is 0. The second kappa shape index (κ2) is 5.40. The lowest BCUT2D eigenvalue weighted by Gasteiger charge is -2.27. The highest BCUT2D eigenvalue weighted by molar-refractivity contribution is 5.87. The molecule has 2 atom stereocenters. The van der Waals surface area contributed by atoms with Crippen molar-refractivity contribution in [2.24, 2.45) is 11.8 Å². The van der Waals surface area contributed by atoms with Crippen molar-refractivity contribution in [2.45, 2.75) is 18.9 Å². The number of anilines is 1. The van der Waals surface area contributed by atoms with Crippen molar-refractivity contribution in [3.05, 3.63) is 18.6 Å². The standard InChI is InChI=1S/C16H21N5O2/c1-20(15-13-3-4-17-14(13)18-9-19-15)12-5-10-7-21(16(22)23-2)8-11(10)6-12/h3-4,9-12H,5-8H2,1-2H3,(H,17,18,19). The second-order valence-corrected chi connectivity index (χ2v) is 6.57. The molecule has 0 aromatic carbocycles. The molecule has 1 aliphatic heterocycles. The first-order valence-electron chi connectivity index (χ1n) is 8.01. The minimum absolute atomic E-state index is 0.200. The molecule has 1 N–H and O–H groups in total. The number of carbonyl (C=O) groups excluding carboxylic acids is 1. The number of methoxy groups -OCH3 is 1. The third-order valence-corrected chi connectivity index (χ3v) is 5.37. The molecule has 2 aliphatic rings. The van der Waals surface area contributed by atoms with Gasteiger partial charge in [0.1, 0.15) is 17.8 Å². The number of carbonyl (C=O) groups is 1. The van der Waals surface area contributed by atoms with Gasteiger partial charge in [-0.15, -0.1) is 0 Å². The molecule has 7 heteroatoms. The second-order valence-electron chi connectivity index (χ2n) is 6.57. The first kappa shape index (κ1) is 14.3. The van der Waals surface area contributed by atoms with Crippen molar-refractivity contribution < 1.29 is 9.53 Å². The van der Waals surface area contributed by atoms with Gasteiger partial charge in [0.25, 0.3) is 0 Å². The van der Waals surface area contributed by atoms with Gasteiger partial charge in [0.15, 0.2) is 0 Å². The van der Waals surface area contributed by atoms with Crippen molar-refractivity contribution in [1.82, 2.24) is 19.9 Å². The monoisotopic (exact) mass is 315 g/mol. The molecule has 2 aromatic rings. The summed E-state index contributed by atoms with van der Waals surface area (Å²) in [7, 11) is 3.56. The highest BCUT2D eigenvalue weighted by Gasteiger charge is 2.44. The highest BCUT2D eigenvalue weighted by atomic mass is 16.5. The normalized spacial score (nSPS) is 26.5. The number of rotatable bonds is 2. The van der Waals surface area contributed by atoms with Crippen LogP contribution >= 0.6 is 0 Å². The predicted octanol–water partition coefficient (Wildman–Crippen LogP) is 1.87. The minimum Gasteiger partial charge on any atom is -0.453 e. The van der Waals surface area contributed by atoms with E-state index in [4.69, 9.17) is 4.74 Å². The van der Waals surface area contributed by atoms with Crippen LogP contribution in [0.5, 0.6) is 0 Å². The summed E-state index contributed by atoms with van der Waals surface area (Å²) < 4.78 is 4.84. The van der Waals surface area contributed by atoms with Crippen molar-refractivity contribution in [1.29, 1.82) is 0 Å². The number of hydrogen-bond acceptors (Lipinski definition) is 5. The topological polar surface area (TPSA) is 74.3 Å². The van der Waals surface area contributed by atoms with Gasteiger partial charge in [-0.25, -0.2) is 14.8 Å². The Hall–Kier alpha value is -2.31. The summed E-state index contributed by atoms with van der Waals surface area (Å²) in [6.07, 6.45) is 5.48. The first-order valence-corrected chi connectivity index (χ1v) is 8.01. The van der Waals surface area contributed by atoms with Crippen LogP contribution in [0.25, 0.3) is 11.0 Å². The molecule has 1 aliphatic carbocycles. The molecule has 0 radical (unpaired) electrons. The van der Waals surface area contributed by atoms with Gasteiger partial charge in [0, 0.05) is 32.4 Å². The van der Waals surface area contributed by atoms with Gasteiger partial charge < -0.3 is 19.5 Å². The van der Waals surface area contributed by atoms with E-state index in [2.05, 4.69) is 26.9 Å². The SMILES string of the molecule is COC(=O)N1CC2CC(N(C)c3ncnc4[nH]ccc34)CC2C1. The lowest BCUT2D eigenvalue weighted by atomic mass is 10.0. The van der Waals surface area contributed by atoms with Crippen molar-refractivity contribution in [3.63, 3.8) is 0 Å². The Labute approximate surface area is 134 Å². The number of amides is 1. The lowest BCUT2D eigenvalue weighted by Crippen LogP contribution is -2.34. The number of fused-ring (bicyclic) bond motifs is 2. The molecular formula is C16H21N5O2. The Morgan fingerprint density at radius 1 is 1.35 bits per heavy atom. The number of nitrogens with zero attached hydrogens (tertiary/aromatic N) is 4. The van der Waals surface area contributed by atoms with Gasteiger partial charge in [0.05, 0.1) is 12.5 Å². The Bertz CT molecular complexity index is 716. The van der Waals surface area contributed by atoms with Gasteiger partial charge in [-0.1, -0.05) is 0 Å². The van der Waals surface area contributed by atoms with E-state index in [1.165, 1.54) is 7.11 Å². The Morgan fingerprint density at radius 3 is 2.78 bits per heavy atom. The Morgan fingerprint density at radius 2 is 2.09 bits per heavy atom. The summed E-state index contributed by atoms with van der Waals surface area (Å²) in [6, 6.07) is 2.48. The van der Waals surface area contributed by atoms with E-state index in [9.17, 15) is 4.79 Å². The van der Waals surface area contributed by atoms with E-state index in [1.54, 1.807) is 6.33 Å². The zero-order valence-electron chi connectivity index (χ0n) is 13.4. The predicted molar refractivity (Wildman–Crippen MR) is 86.3 cm³/mol. The van der Waals surface area contributed by atoms with E-state index in [-0.39, 0.29) is 6.09 Å². The fourth-order valence-electron chi connectivity index (χ4n) is 4.18. The number of aromatic nitrogens is 3. The number of hydrogen-bond donors (Lipinski definition) is 1. The van der Waals surface area contributed by atoms with Crippen LogP contribution in [0, 0.1) is 11.8 Å². The molecule has 23 heavy (non-hydrogen) atoms. The molecule has 7 nitrogen and oxygen atoms in total. The summed E-state index contributed by atoms with van der Waals surface area (Å²) in [6.45, 7) is 1.62. The molecule has 2 unspecified atom stereocenters.